The Kier molecular flexibility index (Phi) is 14.8. The molecule has 0 aliphatic heterocycles. The van der Waals surface area contributed by atoms with Crippen LogP contribution >= 0.6 is 0 Å². The van der Waals surface area contributed by atoms with Gasteiger partial charge < -0.3 is 0 Å². The second-order valence-electron chi connectivity index (χ2n) is 29.1. The van der Waals surface area contributed by atoms with Gasteiger partial charge in [-0.1, -0.05) is 316 Å². The van der Waals surface area contributed by atoms with E-state index in [4.69, 9.17) is 29.9 Å². The summed E-state index contributed by atoms with van der Waals surface area (Å²) < 4.78 is 0. The van der Waals surface area contributed by atoms with Crippen LogP contribution in [0.2, 0.25) is 0 Å². The molecule has 6 heteroatoms. The van der Waals surface area contributed by atoms with Gasteiger partial charge in [-0.2, -0.15) is 0 Å². The molecule has 0 atom stereocenters. The van der Waals surface area contributed by atoms with Crippen molar-refractivity contribution in [1.29, 1.82) is 0 Å². The molecule has 18 rings (SSSR count). The highest BCUT2D eigenvalue weighted by molar-refractivity contribution is 6.12. The van der Waals surface area contributed by atoms with Crippen molar-refractivity contribution in [3.05, 3.63) is 326 Å². The molecule has 0 radical (unpaired) electrons. The van der Waals surface area contributed by atoms with Crippen molar-refractivity contribution in [2.24, 2.45) is 0 Å². The Morgan fingerprint density at radius 1 is 0.170 bits per heavy atom. The highest BCUT2D eigenvalue weighted by atomic mass is 15.0. The third-order valence-corrected chi connectivity index (χ3v) is 22.5. The van der Waals surface area contributed by atoms with Gasteiger partial charge in [0.2, 0.25) is 0 Å². The minimum atomic E-state index is -0.0169. The Labute approximate surface area is 584 Å². The maximum absolute atomic E-state index is 4.97. The molecule has 0 N–H and O–H groups in total. The van der Waals surface area contributed by atoms with Gasteiger partial charge >= 0.3 is 0 Å². The van der Waals surface area contributed by atoms with Crippen molar-refractivity contribution in [1.82, 2.24) is 29.9 Å². The first-order valence-corrected chi connectivity index (χ1v) is 34.7. The molecular weight excluding hydrogens is 1210 g/mol. The van der Waals surface area contributed by atoms with Gasteiger partial charge in [0.1, 0.15) is 0 Å². The van der Waals surface area contributed by atoms with Crippen LogP contribution in [0.25, 0.3) is 156 Å². The Morgan fingerprint density at radius 3 is 0.830 bits per heavy atom. The summed E-state index contributed by atoms with van der Waals surface area (Å²) in [4.78, 5) is 29.5. The Balaban J connectivity index is 0.000000150. The summed E-state index contributed by atoms with van der Waals surface area (Å²) in [5.41, 5.74) is 21.5. The van der Waals surface area contributed by atoms with Crippen LogP contribution in [0, 0.1) is 0 Å². The molecule has 0 bridgehead atoms. The third-order valence-electron chi connectivity index (χ3n) is 22.5. The number of rotatable bonds is 8. The first kappa shape index (κ1) is 61.7. The zero-order valence-electron chi connectivity index (χ0n) is 57.6. The summed E-state index contributed by atoms with van der Waals surface area (Å²) in [5.74, 6) is 3.96. The number of hydrogen-bond donors (Lipinski definition) is 0. The standard InChI is InChI=1S/2C47H37N3/c1-46(2)41-21-12-11-20-38(41)40-29-39-35(28-42(40)47(46,3)4)23-22-34-26-33(24-25-37(34)39)32-18-13-19-36(27-32)45-49-43(30-14-7-5-8-15-30)48-44(50-45)31-16-9-6-10-17-31;1-46(2)41-18-12-11-17-38(41)40-29-39-36(28-42(40)47(46,3)4)24-23-35-27-34(25-26-37(35)39)30-19-21-33(22-20-30)45-49-43(31-13-7-5-8-14-31)48-44(50-45)32-15-9-6-10-16-32/h2*5-29H,1-4H3. The summed E-state index contributed by atoms with van der Waals surface area (Å²) in [5, 5.41) is 10.2. The number of fused-ring (bicyclic) bond motifs is 12. The summed E-state index contributed by atoms with van der Waals surface area (Å²) >= 11 is 0. The van der Waals surface area contributed by atoms with Crippen LogP contribution in [0.3, 0.4) is 0 Å². The van der Waals surface area contributed by atoms with Crippen LogP contribution in [-0.4, -0.2) is 29.9 Å². The van der Waals surface area contributed by atoms with Gasteiger partial charge in [-0.3, -0.25) is 0 Å². The molecule has 0 spiro atoms. The van der Waals surface area contributed by atoms with Gasteiger partial charge in [0.25, 0.3) is 0 Å². The maximum atomic E-state index is 4.97. The van der Waals surface area contributed by atoms with Gasteiger partial charge in [0, 0.05) is 33.4 Å². The van der Waals surface area contributed by atoms with E-state index in [0.717, 1.165) is 50.1 Å². The van der Waals surface area contributed by atoms with Crippen molar-refractivity contribution >= 4 is 43.1 Å². The van der Waals surface area contributed by atoms with E-state index < -0.39 is 0 Å². The van der Waals surface area contributed by atoms with E-state index in [-0.39, 0.29) is 21.7 Å². The lowest BCUT2D eigenvalue weighted by Crippen LogP contribution is -2.43. The largest absolute Gasteiger partial charge is 0.208 e. The minimum absolute atomic E-state index is 0.0105. The predicted molar refractivity (Wildman–Crippen MR) is 416 cm³/mol. The molecule has 0 saturated carbocycles. The van der Waals surface area contributed by atoms with Crippen LogP contribution in [0.1, 0.15) is 77.6 Å². The molecule has 2 aliphatic carbocycles. The van der Waals surface area contributed by atoms with E-state index in [1.54, 1.807) is 0 Å². The topological polar surface area (TPSA) is 77.3 Å². The second-order valence-corrected chi connectivity index (χ2v) is 29.1. The van der Waals surface area contributed by atoms with Crippen LogP contribution in [-0.2, 0) is 21.7 Å². The van der Waals surface area contributed by atoms with Crippen LogP contribution in [0.15, 0.2) is 303 Å². The van der Waals surface area contributed by atoms with E-state index in [1.807, 2.05) is 121 Å². The fraction of sp³-hybridized carbons (Fsp3) is 0.128. The number of hydrogen-bond acceptors (Lipinski definition) is 6. The fourth-order valence-electron chi connectivity index (χ4n) is 15.5. The molecule has 2 heterocycles. The molecular formula is C94H74N6. The van der Waals surface area contributed by atoms with Gasteiger partial charge in [-0.05, 0) is 174 Å². The zero-order valence-corrected chi connectivity index (χ0v) is 57.6. The van der Waals surface area contributed by atoms with Crippen LogP contribution in [0.5, 0.6) is 0 Å². The van der Waals surface area contributed by atoms with Crippen molar-refractivity contribution in [2.45, 2.75) is 77.0 Å². The molecule has 480 valence electrons. The van der Waals surface area contributed by atoms with E-state index >= 15 is 0 Å². The molecule has 16 aromatic rings. The van der Waals surface area contributed by atoms with Crippen molar-refractivity contribution in [3.63, 3.8) is 0 Å². The van der Waals surface area contributed by atoms with Gasteiger partial charge in [0.05, 0.1) is 0 Å². The summed E-state index contributed by atoms with van der Waals surface area (Å²) in [6.45, 7) is 19.2. The minimum Gasteiger partial charge on any atom is -0.208 e. The van der Waals surface area contributed by atoms with E-state index in [9.17, 15) is 0 Å². The molecule has 0 saturated heterocycles. The molecule has 100 heavy (non-hydrogen) atoms. The average molecular weight is 1290 g/mol. The monoisotopic (exact) mass is 1290 g/mol. The van der Waals surface area contributed by atoms with Crippen molar-refractivity contribution in [3.8, 4) is 113 Å². The lowest BCUT2D eigenvalue weighted by Gasteiger charge is -2.48. The fourth-order valence-corrected chi connectivity index (χ4v) is 15.5. The Morgan fingerprint density at radius 2 is 0.440 bits per heavy atom. The lowest BCUT2D eigenvalue weighted by molar-refractivity contribution is 0.299. The SMILES string of the molecule is CC1(C)c2ccccc2-c2cc3c(ccc4cc(-c5ccc(-c6nc(-c7ccccc7)nc(-c7ccccc7)n6)cc5)ccc43)cc2C1(C)C.CC1(C)c2ccccc2-c2cc3c(ccc4cc(-c5cccc(-c6nc(-c7ccccc7)nc(-c7ccccc7)n6)c5)ccc43)cc2C1(C)C. The summed E-state index contributed by atoms with van der Waals surface area (Å²) in [6.07, 6.45) is 0. The molecule has 0 unspecified atom stereocenters. The predicted octanol–water partition coefficient (Wildman–Crippen LogP) is 24.2. The lowest BCUT2D eigenvalue weighted by atomic mass is 9.55. The molecule has 14 aromatic carbocycles. The molecule has 0 fully saturated rings. The number of benzene rings is 14. The van der Waals surface area contributed by atoms with Crippen LogP contribution in [0.4, 0.5) is 0 Å². The van der Waals surface area contributed by atoms with Gasteiger partial charge in [-0.15, -0.1) is 0 Å². The normalized spacial score (nSPS) is 14.3. The van der Waals surface area contributed by atoms with E-state index in [1.165, 1.54) is 93.2 Å². The second kappa shape index (κ2) is 24.0. The highest BCUT2D eigenvalue weighted by Crippen LogP contribution is 2.57. The van der Waals surface area contributed by atoms with Crippen LogP contribution < -0.4 is 0 Å². The average Bonchev–Trinajstić information content (AvgIpc) is 0.712. The summed E-state index contributed by atoms with van der Waals surface area (Å²) in [7, 11) is 0. The van der Waals surface area contributed by atoms with Gasteiger partial charge in [0.15, 0.2) is 34.9 Å². The van der Waals surface area contributed by atoms with Crippen molar-refractivity contribution < 1.29 is 0 Å². The maximum Gasteiger partial charge on any atom is 0.164 e. The summed E-state index contributed by atoms with van der Waals surface area (Å²) in [6, 6.07) is 108. The molecule has 2 aliphatic rings. The quantitative estimate of drug-likeness (QED) is 0.141. The number of aromatic nitrogens is 6. The Bertz CT molecular complexity index is 5760. The third kappa shape index (κ3) is 10.5. The van der Waals surface area contributed by atoms with Crippen molar-refractivity contribution in [2.75, 3.05) is 0 Å². The number of nitrogens with zero attached hydrogens (tertiary/aromatic N) is 6. The molecule has 0 amide bonds. The smallest absolute Gasteiger partial charge is 0.164 e. The molecule has 6 nitrogen and oxygen atoms in total. The van der Waals surface area contributed by atoms with E-state index in [2.05, 4.69) is 237 Å². The van der Waals surface area contributed by atoms with E-state index in [0.29, 0.717) is 34.9 Å². The van der Waals surface area contributed by atoms with Gasteiger partial charge in [-0.25, -0.2) is 29.9 Å². The first-order valence-electron chi connectivity index (χ1n) is 34.7. The highest BCUT2D eigenvalue weighted by Gasteiger charge is 2.47. The first-order chi connectivity index (χ1) is 48.6. The Hall–Kier alpha value is -11.9. The zero-order chi connectivity index (χ0) is 68.1. The molecule has 2 aromatic heterocycles.